The average Bonchev–Trinajstić information content (AvgIpc) is 2.95. The van der Waals surface area contributed by atoms with Gasteiger partial charge in [0.05, 0.1) is 11.8 Å². The third kappa shape index (κ3) is 3.42. The van der Waals surface area contributed by atoms with Gasteiger partial charge in [-0.2, -0.15) is 10.4 Å². The van der Waals surface area contributed by atoms with Crippen LogP contribution >= 0.6 is 0 Å². The van der Waals surface area contributed by atoms with E-state index in [2.05, 4.69) is 10.1 Å². The van der Waals surface area contributed by atoms with Crippen LogP contribution in [0.2, 0.25) is 0 Å². The minimum absolute atomic E-state index is 0.356. The monoisotopic (exact) mass is 336 g/mol. The van der Waals surface area contributed by atoms with Gasteiger partial charge in [0.25, 0.3) is 0 Å². The van der Waals surface area contributed by atoms with Gasteiger partial charge in [-0.05, 0) is 48.4 Å². The van der Waals surface area contributed by atoms with Crippen molar-refractivity contribution in [3.05, 3.63) is 70.9 Å². The first-order chi connectivity index (χ1) is 12.0. The molecule has 0 aliphatic rings. The van der Waals surface area contributed by atoms with E-state index in [0.29, 0.717) is 28.9 Å². The number of aromatic nitrogens is 3. The molecule has 0 aliphatic heterocycles. The molecule has 0 fully saturated rings. The van der Waals surface area contributed by atoms with Crippen LogP contribution in [0.25, 0.3) is 11.3 Å². The van der Waals surface area contributed by atoms with Crippen LogP contribution in [-0.4, -0.2) is 19.9 Å². The number of aryl methyl sites for hydroxylation is 1. The van der Waals surface area contributed by atoms with Crippen molar-refractivity contribution >= 4 is 0 Å². The summed E-state index contributed by atoms with van der Waals surface area (Å²) in [6, 6.07) is 11.8. The van der Waals surface area contributed by atoms with E-state index in [1.54, 1.807) is 37.0 Å². The lowest BCUT2D eigenvalue weighted by Crippen LogP contribution is -2.03. The van der Waals surface area contributed by atoms with Gasteiger partial charge in [-0.1, -0.05) is 6.07 Å². The van der Waals surface area contributed by atoms with E-state index in [1.165, 1.54) is 12.1 Å². The smallest absolute Gasteiger partial charge is 0.162 e. The summed E-state index contributed by atoms with van der Waals surface area (Å²) >= 11 is 0. The second-order valence-electron chi connectivity index (χ2n) is 5.85. The van der Waals surface area contributed by atoms with Crippen LogP contribution < -0.4 is 0 Å². The molecule has 0 saturated heterocycles. The maximum absolute atomic E-state index is 13.6. The Labute approximate surface area is 145 Å². The predicted molar refractivity (Wildman–Crippen MR) is 91.0 cm³/mol. The third-order valence-corrected chi connectivity index (χ3v) is 4.07. The summed E-state index contributed by atoms with van der Waals surface area (Å²) in [6.45, 7) is 1.60. The molecule has 1 N–H and O–H groups in total. The average molecular weight is 336 g/mol. The number of pyridine rings is 1. The van der Waals surface area contributed by atoms with Crippen LogP contribution in [0.5, 0.6) is 0 Å². The molecular formula is C19H17FN4O. The number of hydrogen-bond acceptors (Lipinski definition) is 4. The number of hydrogen-bond donors (Lipinski definition) is 1. The first-order valence-corrected chi connectivity index (χ1v) is 7.84. The highest BCUT2D eigenvalue weighted by molar-refractivity contribution is 5.68. The van der Waals surface area contributed by atoms with Crippen LogP contribution in [-0.2, 0) is 13.5 Å². The minimum Gasteiger partial charge on any atom is -0.389 e. The lowest BCUT2D eigenvalue weighted by Gasteiger charge is -2.15. The van der Waals surface area contributed by atoms with Gasteiger partial charge in [0.1, 0.15) is 11.9 Å². The van der Waals surface area contributed by atoms with Gasteiger partial charge in [-0.25, -0.2) is 4.39 Å². The number of rotatable bonds is 4. The van der Waals surface area contributed by atoms with Crippen molar-refractivity contribution in [1.29, 1.82) is 5.26 Å². The first-order valence-electron chi connectivity index (χ1n) is 7.84. The zero-order chi connectivity index (χ0) is 18.0. The number of halogens is 1. The van der Waals surface area contributed by atoms with Crippen molar-refractivity contribution in [1.82, 2.24) is 14.8 Å². The fraction of sp³-hybridized carbons (Fsp3) is 0.211. The van der Waals surface area contributed by atoms with Crippen LogP contribution in [0.15, 0.2) is 42.6 Å². The molecule has 0 bridgehead atoms. The van der Waals surface area contributed by atoms with Gasteiger partial charge >= 0.3 is 0 Å². The Bertz CT molecular complexity index is 956. The van der Waals surface area contributed by atoms with Crippen molar-refractivity contribution in [3.8, 4) is 17.3 Å². The van der Waals surface area contributed by atoms with Crippen molar-refractivity contribution in [2.24, 2.45) is 7.05 Å². The van der Waals surface area contributed by atoms with Crippen molar-refractivity contribution in [2.45, 2.75) is 19.4 Å². The van der Waals surface area contributed by atoms with Crippen molar-refractivity contribution in [3.63, 3.8) is 0 Å². The van der Waals surface area contributed by atoms with Crippen LogP contribution in [0.3, 0.4) is 0 Å². The molecule has 0 radical (unpaired) electrons. The predicted octanol–water partition coefficient (Wildman–Crippen LogP) is 3.14. The van der Waals surface area contributed by atoms with Crippen molar-refractivity contribution < 1.29 is 9.50 Å². The molecule has 3 rings (SSSR count). The highest BCUT2D eigenvalue weighted by Gasteiger charge is 2.16. The SMILES string of the molecule is C[C@@H](O)c1cc(F)ccc1-c1ncccc1Cc1cc(C#N)nn1C. The Morgan fingerprint density at radius 3 is 2.80 bits per heavy atom. The van der Waals surface area contributed by atoms with E-state index in [0.717, 1.165) is 11.3 Å². The van der Waals surface area contributed by atoms with Gasteiger partial charge in [0, 0.05) is 30.9 Å². The summed E-state index contributed by atoms with van der Waals surface area (Å²) < 4.78 is 15.3. The standard InChI is InChI=1S/C19H17FN4O/c1-12(25)18-9-14(20)5-6-17(18)19-13(4-3-7-22-19)8-16-10-15(11-21)23-24(16)2/h3-7,9-10,12,25H,8H2,1-2H3/t12-/m1/s1. The normalized spacial score (nSPS) is 12.0. The van der Waals surface area contributed by atoms with Crippen LogP contribution in [0, 0.1) is 17.1 Å². The molecule has 126 valence electrons. The van der Waals surface area contributed by atoms with Crippen LogP contribution in [0.4, 0.5) is 4.39 Å². The Hall–Kier alpha value is -3.04. The quantitative estimate of drug-likeness (QED) is 0.794. The third-order valence-electron chi connectivity index (χ3n) is 4.07. The first kappa shape index (κ1) is 16.8. The molecule has 0 aliphatic carbocycles. The van der Waals surface area contributed by atoms with Crippen LogP contribution in [0.1, 0.15) is 35.5 Å². The maximum Gasteiger partial charge on any atom is 0.162 e. The minimum atomic E-state index is -0.817. The van der Waals surface area contributed by atoms with E-state index < -0.39 is 11.9 Å². The number of aliphatic hydroxyl groups is 1. The maximum atomic E-state index is 13.6. The van der Waals surface area contributed by atoms with E-state index in [-0.39, 0.29) is 0 Å². The summed E-state index contributed by atoms with van der Waals surface area (Å²) in [5.41, 5.74) is 3.99. The molecule has 6 heteroatoms. The van der Waals surface area contributed by atoms with Gasteiger partial charge < -0.3 is 5.11 Å². The Morgan fingerprint density at radius 1 is 1.32 bits per heavy atom. The zero-order valence-corrected chi connectivity index (χ0v) is 13.9. The number of nitrogens with zero attached hydrogens (tertiary/aromatic N) is 4. The van der Waals surface area contributed by atoms with Crippen molar-refractivity contribution in [2.75, 3.05) is 0 Å². The Kier molecular flexibility index (Phi) is 4.59. The molecule has 3 aromatic rings. The molecule has 1 aromatic carbocycles. The number of nitriles is 1. The Balaban J connectivity index is 2.08. The van der Waals surface area contributed by atoms with Gasteiger partial charge in [0.2, 0.25) is 0 Å². The lowest BCUT2D eigenvalue weighted by atomic mass is 9.95. The van der Waals surface area contributed by atoms with Gasteiger partial charge in [0.15, 0.2) is 5.69 Å². The van der Waals surface area contributed by atoms with Gasteiger partial charge in [-0.15, -0.1) is 0 Å². The van der Waals surface area contributed by atoms with E-state index in [9.17, 15) is 9.50 Å². The lowest BCUT2D eigenvalue weighted by molar-refractivity contribution is 0.199. The fourth-order valence-corrected chi connectivity index (χ4v) is 2.84. The molecule has 2 aromatic heterocycles. The fourth-order valence-electron chi connectivity index (χ4n) is 2.84. The van der Waals surface area contributed by atoms with E-state index in [1.807, 2.05) is 18.2 Å². The summed E-state index contributed by atoms with van der Waals surface area (Å²) in [6.07, 6.45) is 1.37. The summed E-state index contributed by atoms with van der Waals surface area (Å²) in [7, 11) is 1.78. The summed E-state index contributed by atoms with van der Waals surface area (Å²) in [4.78, 5) is 4.45. The highest BCUT2D eigenvalue weighted by atomic mass is 19.1. The van der Waals surface area contributed by atoms with Gasteiger partial charge in [-0.3, -0.25) is 9.67 Å². The summed E-state index contributed by atoms with van der Waals surface area (Å²) in [5, 5.41) is 23.1. The van der Waals surface area contributed by atoms with E-state index in [4.69, 9.17) is 5.26 Å². The Morgan fingerprint density at radius 2 is 2.12 bits per heavy atom. The number of benzene rings is 1. The second kappa shape index (κ2) is 6.83. The molecule has 0 amide bonds. The molecule has 1 atom stereocenters. The van der Waals surface area contributed by atoms with E-state index >= 15 is 0 Å². The topological polar surface area (TPSA) is 74.7 Å². The zero-order valence-electron chi connectivity index (χ0n) is 13.9. The molecule has 0 unspecified atom stereocenters. The molecule has 0 spiro atoms. The molecular weight excluding hydrogens is 319 g/mol. The number of aliphatic hydroxyl groups excluding tert-OH is 1. The summed E-state index contributed by atoms with van der Waals surface area (Å²) in [5.74, 6) is -0.401. The molecule has 5 nitrogen and oxygen atoms in total. The second-order valence-corrected chi connectivity index (χ2v) is 5.85. The molecule has 25 heavy (non-hydrogen) atoms. The molecule has 0 saturated carbocycles. The highest BCUT2D eigenvalue weighted by Crippen LogP contribution is 2.31. The molecule has 2 heterocycles. The largest absolute Gasteiger partial charge is 0.389 e.